The van der Waals surface area contributed by atoms with Crippen LogP contribution in [0.5, 0.6) is 0 Å². The minimum absolute atomic E-state index is 0.254. The first-order valence-corrected chi connectivity index (χ1v) is 8.82. The number of rotatable bonds is 6. The molecular formula is C17H20OS2. The Morgan fingerprint density at radius 3 is 2.45 bits per heavy atom. The van der Waals surface area contributed by atoms with Gasteiger partial charge in [-0.3, -0.25) is 4.79 Å². The predicted molar refractivity (Wildman–Crippen MR) is 90.1 cm³/mol. The first-order chi connectivity index (χ1) is 9.58. The third-order valence-corrected chi connectivity index (χ3v) is 5.34. The quantitative estimate of drug-likeness (QED) is 0.695. The molecule has 0 atom stereocenters. The lowest BCUT2D eigenvalue weighted by Gasteiger charge is -2.04. The average Bonchev–Trinajstić information content (AvgIpc) is 2.86. The third kappa shape index (κ3) is 4.22. The molecule has 1 aromatic carbocycles. The van der Waals surface area contributed by atoms with Crippen LogP contribution in [-0.4, -0.2) is 11.5 Å². The monoisotopic (exact) mass is 304 g/mol. The molecule has 106 valence electrons. The Morgan fingerprint density at radius 2 is 1.85 bits per heavy atom. The number of hydrogen-bond acceptors (Lipinski definition) is 3. The molecule has 0 bridgehead atoms. The minimum Gasteiger partial charge on any atom is -0.292 e. The fraction of sp³-hybridized carbons (Fsp3) is 0.353. The maximum Gasteiger partial charge on any atom is 0.182 e. The van der Waals surface area contributed by atoms with Crippen LogP contribution in [0.1, 0.15) is 38.2 Å². The largest absolute Gasteiger partial charge is 0.292 e. The number of ketones is 1. The molecule has 0 aliphatic carbocycles. The molecule has 2 rings (SSSR count). The molecule has 0 saturated heterocycles. The second kappa shape index (κ2) is 7.09. The van der Waals surface area contributed by atoms with Gasteiger partial charge in [0.25, 0.3) is 0 Å². The molecule has 0 unspecified atom stereocenters. The predicted octanol–water partition coefficient (Wildman–Crippen LogP) is 5.04. The van der Waals surface area contributed by atoms with Crippen LogP contribution in [0, 0.1) is 13.8 Å². The van der Waals surface area contributed by atoms with Gasteiger partial charge in [-0.15, -0.1) is 23.1 Å². The van der Waals surface area contributed by atoms with Gasteiger partial charge >= 0.3 is 0 Å². The zero-order valence-corrected chi connectivity index (χ0v) is 13.9. The van der Waals surface area contributed by atoms with Crippen molar-refractivity contribution in [3.63, 3.8) is 0 Å². The van der Waals surface area contributed by atoms with Crippen molar-refractivity contribution >= 4 is 28.9 Å². The van der Waals surface area contributed by atoms with Crippen LogP contribution >= 0.6 is 23.1 Å². The van der Waals surface area contributed by atoms with Crippen molar-refractivity contribution in [2.75, 3.05) is 5.75 Å². The van der Waals surface area contributed by atoms with Crippen molar-refractivity contribution in [2.24, 2.45) is 0 Å². The van der Waals surface area contributed by atoms with Gasteiger partial charge in [0.05, 0.1) is 10.6 Å². The molecule has 0 aliphatic heterocycles. The number of Topliss-reactive ketones (excluding diaryl/α,β-unsaturated/α-hetero) is 1. The zero-order chi connectivity index (χ0) is 14.5. The summed E-state index contributed by atoms with van der Waals surface area (Å²) in [7, 11) is 0. The molecule has 2 aromatic rings. The van der Waals surface area contributed by atoms with Gasteiger partial charge in [-0.2, -0.15) is 0 Å². The normalized spacial score (nSPS) is 10.8. The fourth-order valence-electron chi connectivity index (χ4n) is 2.20. The van der Waals surface area contributed by atoms with Crippen LogP contribution < -0.4 is 0 Å². The summed E-state index contributed by atoms with van der Waals surface area (Å²) in [6.07, 6.45) is 1.01. The van der Waals surface area contributed by atoms with Crippen molar-refractivity contribution in [1.29, 1.82) is 0 Å². The van der Waals surface area contributed by atoms with E-state index in [2.05, 4.69) is 45.0 Å². The van der Waals surface area contributed by atoms with E-state index in [0.29, 0.717) is 5.75 Å². The van der Waals surface area contributed by atoms with E-state index >= 15 is 0 Å². The fourth-order valence-corrected chi connectivity index (χ4v) is 4.02. The summed E-state index contributed by atoms with van der Waals surface area (Å²) < 4.78 is 0. The third-order valence-electron chi connectivity index (χ3n) is 3.07. The lowest BCUT2D eigenvalue weighted by Crippen LogP contribution is -2.00. The molecule has 0 saturated carbocycles. The van der Waals surface area contributed by atoms with E-state index in [1.54, 1.807) is 23.1 Å². The van der Waals surface area contributed by atoms with E-state index in [-0.39, 0.29) is 5.78 Å². The zero-order valence-electron chi connectivity index (χ0n) is 12.2. The number of benzene rings is 1. The molecule has 3 heteroatoms. The van der Waals surface area contributed by atoms with E-state index < -0.39 is 0 Å². The second-order valence-corrected chi connectivity index (χ2v) is 7.19. The number of thiophene rings is 1. The van der Waals surface area contributed by atoms with Crippen molar-refractivity contribution < 1.29 is 4.79 Å². The Bertz CT molecular complexity index is 579. The minimum atomic E-state index is 0.254. The van der Waals surface area contributed by atoms with Crippen LogP contribution in [0.2, 0.25) is 0 Å². The number of aryl methyl sites for hydroxylation is 3. The summed E-state index contributed by atoms with van der Waals surface area (Å²) in [5.41, 5.74) is 3.89. The maximum absolute atomic E-state index is 12.1. The van der Waals surface area contributed by atoms with E-state index in [1.165, 1.54) is 21.6 Å². The summed E-state index contributed by atoms with van der Waals surface area (Å²) in [6, 6.07) is 10.6. The number of thioether (sulfide) groups is 1. The highest BCUT2D eigenvalue weighted by molar-refractivity contribution is 7.99. The van der Waals surface area contributed by atoms with Gasteiger partial charge in [0.15, 0.2) is 5.78 Å². The van der Waals surface area contributed by atoms with Crippen molar-refractivity contribution in [3.8, 4) is 0 Å². The van der Waals surface area contributed by atoms with E-state index in [9.17, 15) is 4.79 Å². The topological polar surface area (TPSA) is 17.1 Å². The van der Waals surface area contributed by atoms with Crippen molar-refractivity contribution in [1.82, 2.24) is 0 Å². The first kappa shape index (κ1) is 15.3. The van der Waals surface area contributed by atoms with Crippen LogP contribution in [0.15, 0.2) is 30.3 Å². The highest BCUT2D eigenvalue weighted by atomic mass is 32.2. The summed E-state index contributed by atoms with van der Waals surface area (Å²) >= 11 is 3.33. The number of carbonyl (C=O) groups is 1. The SMILES string of the molecule is CCc1ccc(C(=O)CSCc2cc(C)cc(C)c2)s1. The number of carbonyl (C=O) groups excluding carboxylic acids is 1. The smallest absolute Gasteiger partial charge is 0.182 e. The summed E-state index contributed by atoms with van der Waals surface area (Å²) in [4.78, 5) is 14.3. The average molecular weight is 304 g/mol. The van der Waals surface area contributed by atoms with Gasteiger partial charge < -0.3 is 0 Å². The Balaban J connectivity index is 1.87. The highest BCUT2D eigenvalue weighted by Gasteiger charge is 2.09. The molecule has 1 heterocycles. The van der Waals surface area contributed by atoms with E-state index in [1.807, 2.05) is 6.07 Å². The van der Waals surface area contributed by atoms with Crippen molar-refractivity contribution in [2.45, 2.75) is 32.9 Å². The summed E-state index contributed by atoms with van der Waals surface area (Å²) in [5, 5.41) is 0. The summed E-state index contributed by atoms with van der Waals surface area (Å²) in [5.74, 6) is 1.72. The van der Waals surface area contributed by atoms with Crippen LogP contribution in [0.4, 0.5) is 0 Å². The maximum atomic E-state index is 12.1. The molecule has 1 aromatic heterocycles. The second-order valence-electron chi connectivity index (χ2n) is 5.03. The molecule has 0 fully saturated rings. The molecule has 0 radical (unpaired) electrons. The van der Waals surface area contributed by atoms with Gasteiger partial charge in [0, 0.05) is 10.6 Å². The lowest BCUT2D eigenvalue weighted by atomic mass is 10.1. The van der Waals surface area contributed by atoms with Crippen LogP contribution in [-0.2, 0) is 12.2 Å². The van der Waals surface area contributed by atoms with E-state index in [4.69, 9.17) is 0 Å². The highest BCUT2D eigenvalue weighted by Crippen LogP contribution is 2.21. The standard InChI is InChI=1S/C17H20OS2/c1-4-15-5-6-17(20-15)16(18)11-19-10-14-8-12(2)7-13(3)9-14/h5-9H,4,10-11H2,1-3H3. The van der Waals surface area contributed by atoms with Gasteiger partial charge in [-0.25, -0.2) is 0 Å². The summed E-state index contributed by atoms with van der Waals surface area (Å²) in [6.45, 7) is 6.35. The van der Waals surface area contributed by atoms with Gasteiger partial charge in [-0.1, -0.05) is 36.2 Å². The molecule has 0 aliphatic rings. The van der Waals surface area contributed by atoms with Crippen molar-refractivity contribution in [3.05, 3.63) is 56.8 Å². The molecule has 0 spiro atoms. The molecular weight excluding hydrogens is 284 g/mol. The van der Waals surface area contributed by atoms with Gasteiger partial charge in [0.1, 0.15) is 0 Å². The first-order valence-electron chi connectivity index (χ1n) is 6.85. The van der Waals surface area contributed by atoms with Gasteiger partial charge in [0.2, 0.25) is 0 Å². The molecule has 0 amide bonds. The van der Waals surface area contributed by atoms with Gasteiger partial charge in [-0.05, 0) is 38.0 Å². The molecule has 0 N–H and O–H groups in total. The van der Waals surface area contributed by atoms with Crippen LogP contribution in [0.25, 0.3) is 0 Å². The molecule has 20 heavy (non-hydrogen) atoms. The number of hydrogen-bond donors (Lipinski definition) is 0. The molecule has 1 nitrogen and oxygen atoms in total. The lowest BCUT2D eigenvalue weighted by molar-refractivity contribution is 0.102. The Morgan fingerprint density at radius 1 is 1.15 bits per heavy atom. The Hall–Kier alpha value is -1.06. The van der Waals surface area contributed by atoms with Crippen LogP contribution in [0.3, 0.4) is 0 Å². The Labute approximate surface area is 129 Å². The van der Waals surface area contributed by atoms with E-state index in [0.717, 1.165) is 17.1 Å². The Kier molecular flexibility index (Phi) is 5.44.